The molecular formula is C16H14ClIN2O. The number of halogens is 2. The molecule has 3 aromatic rings. The first-order chi connectivity index (χ1) is 10.1. The van der Waals surface area contributed by atoms with Crippen LogP contribution in [0.15, 0.2) is 42.5 Å². The topological polar surface area (TPSA) is 38.0 Å². The Hall–Kier alpha value is -1.11. The van der Waals surface area contributed by atoms with Gasteiger partial charge < -0.3 is 9.67 Å². The highest BCUT2D eigenvalue weighted by Gasteiger charge is 2.15. The number of rotatable bonds is 3. The fraction of sp³-hybridized carbons (Fsp3) is 0.188. The number of fused-ring (bicyclic) bond motifs is 1. The smallest absolute Gasteiger partial charge is 0.112 e. The van der Waals surface area contributed by atoms with E-state index < -0.39 is 6.10 Å². The van der Waals surface area contributed by atoms with Gasteiger partial charge in [0.2, 0.25) is 0 Å². The summed E-state index contributed by atoms with van der Waals surface area (Å²) < 4.78 is 3.00. The van der Waals surface area contributed by atoms with Gasteiger partial charge in [-0.05, 0) is 52.4 Å². The lowest BCUT2D eigenvalue weighted by Crippen LogP contribution is -2.07. The first-order valence-corrected chi connectivity index (χ1v) is 8.05. The number of aliphatic hydroxyl groups is 1. The predicted molar refractivity (Wildman–Crippen MR) is 93.5 cm³/mol. The van der Waals surface area contributed by atoms with E-state index in [0.717, 1.165) is 26.0 Å². The van der Waals surface area contributed by atoms with Crippen molar-refractivity contribution in [1.29, 1.82) is 0 Å². The molecule has 0 spiro atoms. The van der Waals surface area contributed by atoms with Crippen LogP contribution in [0, 0.1) is 3.57 Å². The highest BCUT2D eigenvalue weighted by molar-refractivity contribution is 14.1. The fourth-order valence-corrected chi connectivity index (χ4v) is 2.91. The maximum atomic E-state index is 10.4. The Morgan fingerprint density at radius 3 is 2.76 bits per heavy atom. The summed E-state index contributed by atoms with van der Waals surface area (Å²) in [5, 5.41) is 11.1. The molecule has 0 saturated heterocycles. The van der Waals surface area contributed by atoms with Gasteiger partial charge in [-0.3, -0.25) is 0 Å². The van der Waals surface area contributed by atoms with Gasteiger partial charge in [0.25, 0.3) is 0 Å². The van der Waals surface area contributed by atoms with Crippen LogP contribution in [0.3, 0.4) is 0 Å². The van der Waals surface area contributed by atoms with E-state index in [0.29, 0.717) is 11.4 Å². The number of hydrogen-bond donors (Lipinski definition) is 1. The van der Waals surface area contributed by atoms with Gasteiger partial charge in [-0.25, -0.2) is 4.98 Å². The molecule has 1 heterocycles. The van der Waals surface area contributed by atoms with Gasteiger partial charge in [-0.1, -0.05) is 29.8 Å². The van der Waals surface area contributed by atoms with E-state index in [9.17, 15) is 5.11 Å². The first kappa shape index (κ1) is 14.8. The van der Waals surface area contributed by atoms with Gasteiger partial charge in [0.15, 0.2) is 0 Å². The summed E-state index contributed by atoms with van der Waals surface area (Å²) in [5.41, 5.74) is 2.83. The van der Waals surface area contributed by atoms with Crippen molar-refractivity contribution in [3.8, 4) is 0 Å². The lowest BCUT2D eigenvalue weighted by Gasteiger charge is -2.12. The minimum atomic E-state index is -0.616. The Morgan fingerprint density at radius 2 is 2.05 bits per heavy atom. The van der Waals surface area contributed by atoms with Crippen molar-refractivity contribution in [2.45, 2.75) is 12.5 Å². The molecule has 0 aliphatic heterocycles. The molecule has 0 radical (unpaired) electrons. The molecule has 0 amide bonds. The maximum absolute atomic E-state index is 10.4. The second-order valence-electron chi connectivity index (χ2n) is 4.97. The van der Waals surface area contributed by atoms with Crippen LogP contribution in [-0.4, -0.2) is 14.7 Å². The second kappa shape index (κ2) is 5.94. The number of aromatic nitrogens is 2. The third-order valence-corrected chi connectivity index (χ3v) is 5.16. The molecule has 21 heavy (non-hydrogen) atoms. The minimum absolute atomic E-state index is 0.460. The van der Waals surface area contributed by atoms with E-state index in [1.165, 1.54) is 0 Å². The van der Waals surface area contributed by atoms with E-state index in [-0.39, 0.29) is 0 Å². The maximum Gasteiger partial charge on any atom is 0.112 e. The lowest BCUT2D eigenvalue weighted by atomic mass is 10.1. The zero-order chi connectivity index (χ0) is 15.0. The van der Waals surface area contributed by atoms with E-state index in [1.54, 1.807) is 0 Å². The number of nitrogens with zero attached hydrogens (tertiary/aromatic N) is 2. The molecule has 3 nitrogen and oxygen atoms in total. The molecule has 5 heteroatoms. The van der Waals surface area contributed by atoms with Gasteiger partial charge in [-0.2, -0.15) is 0 Å². The molecule has 2 aromatic carbocycles. The van der Waals surface area contributed by atoms with Gasteiger partial charge in [0, 0.05) is 17.0 Å². The largest absolute Gasteiger partial charge is 0.388 e. The number of imidazole rings is 1. The lowest BCUT2D eigenvalue weighted by molar-refractivity contribution is 0.175. The van der Waals surface area contributed by atoms with E-state index in [4.69, 9.17) is 11.6 Å². The number of aliphatic hydroxyl groups excluding tert-OH is 1. The van der Waals surface area contributed by atoms with Crippen molar-refractivity contribution < 1.29 is 5.11 Å². The molecule has 1 aromatic heterocycles. The van der Waals surface area contributed by atoms with Crippen LogP contribution in [0.4, 0.5) is 0 Å². The standard InChI is InChI=1S/C16H14ClIN2O/c1-20-14-5-3-2-4-13(14)19-16(20)9-15(21)10-6-7-12(18)11(17)8-10/h2-8,15,21H,9H2,1H3. The van der Waals surface area contributed by atoms with Gasteiger partial charge >= 0.3 is 0 Å². The van der Waals surface area contributed by atoms with Gasteiger partial charge in [0.1, 0.15) is 5.82 Å². The Morgan fingerprint density at radius 1 is 1.29 bits per heavy atom. The first-order valence-electron chi connectivity index (χ1n) is 6.59. The van der Waals surface area contributed by atoms with Crippen molar-refractivity contribution in [3.05, 3.63) is 62.4 Å². The fourth-order valence-electron chi connectivity index (χ4n) is 2.39. The second-order valence-corrected chi connectivity index (χ2v) is 6.54. The van der Waals surface area contributed by atoms with Crippen molar-refractivity contribution in [2.24, 2.45) is 7.05 Å². The summed E-state index contributed by atoms with van der Waals surface area (Å²) in [6, 6.07) is 13.6. The molecular weight excluding hydrogens is 399 g/mol. The predicted octanol–water partition coefficient (Wildman–Crippen LogP) is 4.11. The molecule has 0 fully saturated rings. The normalized spacial score (nSPS) is 12.8. The summed E-state index contributed by atoms with van der Waals surface area (Å²) in [5.74, 6) is 0.860. The van der Waals surface area contributed by atoms with Crippen LogP contribution in [0.1, 0.15) is 17.5 Å². The van der Waals surface area contributed by atoms with Crippen LogP contribution in [-0.2, 0) is 13.5 Å². The monoisotopic (exact) mass is 412 g/mol. The molecule has 1 atom stereocenters. The number of benzene rings is 2. The molecule has 1 N–H and O–H groups in total. The summed E-state index contributed by atoms with van der Waals surface area (Å²) >= 11 is 8.29. The SMILES string of the molecule is Cn1c(CC(O)c2ccc(I)c(Cl)c2)nc2ccccc21. The number of hydrogen-bond acceptors (Lipinski definition) is 2. The summed E-state index contributed by atoms with van der Waals surface area (Å²) in [4.78, 5) is 4.59. The molecule has 0 bridgehead atoms. The van der Waals surface area contributed by atoms with E-state index >= 15 is 0 Å². The zero-order valence-corrected chi connectivity index (χ0v) is 14.3. The Labute approximate surface area is 141 Å². The Balaban J connectivity index is 1.90. The highest BCUT2D eigenvalue weighted by Crippen LogP contribution is 2.26. The molecule has 108 valence electrons. The average molecular weight is 413 g/mol. The Bertz CT molecular complexity index is 800. The number of para-hydroxylation sites is 2. The van der Waals surface area contributed by atoms with Crippen molar-refractivity contribution >= 4 is 45.2 Å². The molecule has 0 aliphatic rings. The van der Waals surface area contributed by atoms with Crippen LogP contribution in [0.2, 0.25) is 5.02 Å². The molecule has 3 rings (SSSR count). The van der Waals surface area contributed by atoms with E-state index in [2.05, 4.69) is 27.6 Å². The third kappa shape index (κ3) is 2.93. The van der Waals surface area contributed by atoms with Gasteiger partial charge in [-0.15, -0.1) is 0 Å². The summed E-state index contributed by atoms with van der Waals surface area (Å²) in [6.45, 7) is 0. The summed E-state index contributed by atoms with van der Waals surface area (Å²) in [6.07, 6.45) is -0.155. The van der Waals surface area contributed by atoms with Crippen LogP contribution < -0.4 is 0 Å². The van der Waals surface area contributed by atoms with Crippen molar-refractivity contribution in [3.63, 3.8) is 0 Å². The highest BCUT2D eigenvalue weighted by atomic mass is 127. The van der Waals surface area contributed by atoms with E-state index in [1.807, 2.05) is 54.1 Å². The van der Waals surface area contributed by atoms with Gasteiger partial charge in [0.05, 0.1) is 22.2 Å². The quantitative estimate of drug-likeness (QED) is 0.658. The van der Waals surface area contributed by atoms with Crippen LogP contribution in [0.25, 0.3) is 11.0 Å². The zero-order valence-electron chi connectivity index (χ0n) is 11.4. The molecule has 0 saturated carbocycles. The van der Waals surface area contributed by atoms with Crippen LogP contribution in [0.5, 0.6) is 0 Å². The molecule has 0 aliphatic carbocycles. The van der Waals surface area contributed by atoms with Crippen LogP contribution >= 0.6 is 34.2 Å². The minimum Gasteiger partial charge on any atom is -0.388 e. The molecule has 1 unspecified atom stereocenters. The summed E-state index contributed by atoms with van der Waals surface area (Å²) in [7, 11) is 1.97. The Kier molecular flexibility index (Phi) is 4.19. The average Bonchev–Trinajstić information content (AvgIpc) is 2.79. The third-order valence-electron chi connectivity index (χ3n) is 3.58. The van der Waals surface area contributed by atoms with Crippen molar-refractivity contribution in [1.82, 2.24) is 9.55 Å². The number of aryl methyl sites for hydroxylation is 1. The van der Waals surface area contributed by atoms with Crippen molar-refractivity contribution in [2.75, 3.05) is 0 Å².